The maximum Gasteiger partial charge on any atom is 0.251 e. The summed E-state index contributed by atoms with van der Waals surface area (Å²) in [6.07, 6.45) is 2.37. The molecule has 5 heteroatoms. The fourth-order valence-corrected chi connectivity index (χ4v) is 2.22. The summed E-state index contributed by atoms with van der Waals surface area (Å²) >= 11 is 0. The van der Waals surface area contributed by atoms with Crippen molar-refractivity contribution in [3.05, 3.63) is 34.9 Å². The van der Waals surface area contributed by atoms with Gasteiger partial charge in [-0.05, 0) is 31.0 Å². The molecule has 108 valence electrons. The van der Waals surface area contributed by atoms with Crippen LogP contribution in [-0.4, -0.2) is 35.2 Å². The summed E-state index contributed by atoms with van der Waals surface area (Å²) in [5, 5.41) is 2.83. The van der Waals surface area contributed by atoms with E-state index in [-0.39, 0.29) is 5.91 Å². The summed E-state index contributed by atoms with van der Waals surface area (Å²) in [6, 6.07) is 5.51. The Bertz CT molecular complexity index is 559. The number of benzene rings is 1. The lowest BCUT2D eigenvalue weighted by atomic mass is 10.0. The average molecular weight is 292 g/mol. The molecule has 0 aliphatic rings. The van der Waals surface area contributed by atoms with E-state index in [1.807, 2.05) is 19.1 Å². The molecule has 1 amide bonds. The highest BCUT2D eigenvalue weighted by Gasteiger charge is 2.08. The molecule has 0 radical (unpaired) electrons. The lowest BCUT2D eigenvalue weighted by Gasteiger charge is -2.08. The molecule has 1 rings (SSSR count). The van der Waals surface area contributed by atoms with Crippen LogP contribution in [0.25, 0.3) is 0 Å². The smallest absolute Gasteiger partial charge is 0.251 e. The molecule has 1 unspecified atom stereocenters. The molecule has 1 aromatic carbocycles. The van der Waals surface area contributed by atoms with Gasteiger partial charge in [0.25, 0.3) is 5.91 Å². The van der Waals surface area contributed by atoms with Crippen LogP contribution in [0.2, 0.25) is 0 Å². The van der Waals surface area contributed by atoms with Crippen molar-refractivity contribution in [2.24, 2.45) is 5.73 Å². The number of carbonyl (C=O) groups excluding carboxylic acids is 1. The molecule has 0 aromatic heterocycles. The number of hydrogen-bond donors (Lipinski definition) is 2. The molecule has 1 aromatic rings. The van der Waals surface area contributed by atoms with Crippen LogP contribution in [-0.2, 0) is 10.8 Å². The number of carbonyl (C=O) groups is 1. The van der Waals surface area contributed by atoms with Crippen LogP contribution in [0.15, 0.2) is 18.2 Å². The van der Waals surface area contributed by atoms with Gasteiger partial charge in [0.2, 0.25) is 0 Å². The summed E-state index contributed by atoms with van der Waals surface area (Å²) in [5.41, 5.74) is 7.63. The van der Waals surface area contributed by atoms with Gasteiger partial charge in [-0.3, -0.25) is 9.00 Å². The summed E-state index contributed by atoms with van der Waals surface area (Å²) in [6.45, 7) is 2.70. The highest BCUT2D eigenvalue weighted by Crippen LogP contribution is 2.10. The molecule has 1 atom stereocenters. The van der Waals surface area contributed by atoms with Crippen molar-refractivity contribution < 1.29 is 9.00 Å². The zero-order valence-electron chi connectivity index (χ0n) is 11.9. The van der Waals surface area contributed by atoms with Crippen LogP contribution in [0, 0.1) is 18.8 Å². The zero-order chi connectivity index (χ0) is 15.0. The van der Waals surface area contributed by atoms with E-state index in [1.165, 1.54) is 0 Å². The van der Waals surface area contributed by atoms with Gasteiger partial charge in [-0.25, -0.2) is 0 Å². The van der Waals surface area contributed by atoms with E-state index in [0.717, 1.165) is 11.1 Å². The van der Waals surface area contributed by atoms with Gasteiger partial charge in [0, 0.05) is 40.5 Å². The van der Waals surface area contributed by atoms with Gasteiger partial charge >= 0.3 is 0 Å². The Labute approximate surface area is 122 Å². The first-order valence-corrected chi connectivity index (χ1v) is 8.15. The van der Waals surface area contributed by atoms with Crippen molar-refractivity contribution in [3.63, 3.8) is 0 Å². The molecule has 20 heavy (non-hydrogen) atoms. The fraction of sp³-hybridized carbons (Fsp3) is 0.400. The number of rotatable bonds is 5. The first-order valence-electron chi connectivity index (χ1n) is 6.42. The van der Waals surface area contributed by atoms with Crippen LogP contribution in [0.4, 0.5) is 0 Å². The lowest BCUT2D eigenvalue weighted by molar-refractivity contribution is 0.0953. The van der Waals surface area contributed by atoms with E-state index in [4.69, 9.17) is 5.73 Å². The van der Waals surface area contributed by atoms with Gasteiger partial charge < -0.3 is 11.1 Å². The van der Waals surface area contributed by atoms with Crippen molar-refractivity contribution in [1.29, 1.82) is 0 Å². The largest absolute Gasteiger partial charge is 0.352 e. The molecule has 0 bridgehead atoms. The highest BCUT2D eigenvalue weighted by molar-refractivity contribution is 7.84. The Morgan fingerprint density at radius 1 is 1.45 bits per heavy atom. The van der Waals surface area contributed by atoms with Crippen molar-refractivity contribution >= 4 is 16.7 Å². The maximum atomic E-state index is 12.1. The Hall–Kier alpha value is -1.64. The summed E-state index contributed by atoms with van der Waals surface area (Å²) in [4.78, 5) is 12.1. The summed E-state index contributed by atoms with van der Waals surface area (Å²) < 4.78 is 10.9. The minimum absolute atomic E-state index is 0.124. The van der Waals surface area contributed by atoms with Crippen LogP contribution in [0.1, 0.15) is 27.9 Å². The minimum atomic E-state index is -0.818. The number of nitrogens with two attached hydrogens (primary N) is 1. The van der Waals surface area contributed by atoms with Crippen LogP contribution in [0.3, 0.4) is 0 Å². The van der Waals surface area contributed by atoms with Crippen LogP contribution in [0.5, 0.6) is 0 Å². The van der Waals surface area contributed by atoms with Gasteiger partial charge in [-0.15, -0.1) is 0 Å². The Morgan fingerprint density at radius 3 is 2.85 bits per heavy atom. The monoisotopic (exact) mass is 292 g/mol. The topological polar surface area (TPSA) is 72.2 Å². The van der Waals surface area contributed by atoms with Gasteiger partial charge in [-0.1, -0.05) is 17.9 Å². The number of aryl methyl sites for hydroxylation is 1. The fourth-order valence-electron chi connectivity index (χ4n) is 1.67. The first-order chi connectivity index (χ1) is 9.54. The van der Waals surface area contributed by atoms with E-state index in [9.17, 15) is 9.00 Å². The Balaban J connectivity index is 2.69. The number of nitrogens with one attached hydrogen (secondary N) is 1. The second-order valence-corrected chi connectivity index (χ2v) is 5.98. The molecule has 0 aliphatic carbocycles. The van der Waals surface area contributed by atoms with E-state index >= 15 is 0 Å². The van der Waals surface area contributed by atoms with Crippen molar-refractivity contribution in [2.75, 3.05) is 25.1 Å². The third-order valence-corrected chi connectivity index (χ3v) is 3.57. The number of amides is 1. The van der Waals surface area contributed by atoms with E-state index < -0.39 is 10.8 Å². The van der Waals surface area contributed by atoms with E-state index in [0.29, 0.717) is 30.8 Å². The van der Waals surface area contributed by atoms with E-state index in [1.54, 1.807) is 12.3 Å². The molecule has 0 spiro atoms. The minimum Gasteiger partial charge on any atom is -0.352 e. The molecule has 0 fully saturated rings. The number of hydrogen-bond acceptors (Lipinski definition) is 3. The maximum absolute atomic E-state index is 12.1. The molecular weight excluding hydrogens is 272 g/mol. The predicted molar refractivity (Wildman–Crippen MR) is 83.0 cm³/mol. The molecule has 0 saturated carbocycles. The SMILES string of the molecule is Cc1ccc(C#CCN)cc1C(=O)NCCCS(C)=O. The third kappa shape index (κ3) is 5.55. The standard InChI is InChI=1S/C15H20N2O2S/c1-12-6-7-13(5-3-8-16)11-14(12)15(18)17-9-4-10-20(2)19/h6-7,11H,4,8-10,16H2,1-2H3,(H,17,18). The van der Waals surface area contributed by atoms with E-state index in [2.05, 4.69) is 17.2 Å². The molecule has 3 N–H and O–H groups in total. The highest BCUT2D eigenvalue weighted by atomic mass is 32.2. The summed E-state index contributed by atoms with van der Waals surface area (Å²) in [7, 11) is -0.818. The molecule has 0 aliphatic heterocycles. The quantitative estimate of drug-likeness (QED) is 0.623. The molecule has 0 heterocycles. The molecule has 0 saturated heterocycles. The third-order valence-electron chi connectivity index (χ3n) is 2.71. The lowest BCUT2D eigenvalue weighted by Crippen LogP contribution is -2.26. The van der Waals surface area contributed by atoms with Crippen LogP contribution < -0.4 is 11.1 Å². The van der Waals surface area contributed by atoms with Crippen LogP contribution >= 0.6 is 0 Å². The molecular formula is C15H20N2O2S. The predicted octanol–water partition coefficient (Wildman–Crippen LogP) is 0.804. The zero-order valence-corrected chi connectivity index (χ0v) is 12.7. The Kier molecular flexibility index (Phi) is 6.99. The van der Waals surface area contributed by atoms with Crippen molar-refractivity contribution in [1.82, 2.24) is 5.32 Å². The molecule has 4 nitrogen and oxygen atoms in total. The van der Waals surface area contributed by atoms with Gasteiger partial charge in [0.1, 0.15) is 0 Å². The normalized spacial score (nSPS) is 11.3. The van der Waals surface area contributed by atoms with Gasteiger partial charge in [-0.2, -0.15) is 0 Å². The van der Waals surface area contributed by atoms with Crippen molar-refractivity contribution in [2.45, 2.75) is 13.3 Å². The van der Waals surface area contributed by atoms with Gasteiger partial charge in [0.15, 0.2) is 0 Å². The Morgan fingerprint density at radius 2 is 2.20 bits per heavy atom. The van der Waals surface area contributed by atoms with Gasteiger partial charge in [0.05, 0.1) is 6.54 Å². The van der Waals surface area contributed by atoms with Crippen molar-refractivity contribution in [3.8, 4) is 11.8 Å². The average Bonchev–Trinajstić information content (AvgIpc) is 2.42. The summed E-state index contributed by atoms with van der Waals surface area (Å²) in [5.74, 6) is 6.16. The second-order valence-electron chi connectivity index (χ2n) is 4.42. The first kappa shape index (κ1) is 16.4. The second kappa shape index (κ2) is 8.51.